The molecule has 2 rings (SSSR count). The van der Waals surface area contributed by atoms with Gasteiger partial charge in [0.2, 0.25) is 10.0 Å². The molecule has 0 spiro atoms. The van der Waals surface area contributed by atoms with E-state index in [0.29, 0.717) is 11.7 Å². The van der Waals surface area contributed by atoms with E-state index in [9.17, 15) is 8.42 Å². The maximum atomic E-state index is 12.4. The lowest BCUT2D eigenvalue weighted by atomic mass is 10.0. The molecule has 0 saturated carbocycles. The molecule has 0 aromatic rings. The number of sulfonamides is 1. The summed E-state index contributed by atoms with van der Waals surface area (Å²) in [7, 11) is -3.06. The molecule has 2 unspecified atom stereocenters. The van der Waals surface area contributed by atoms with Gasteiger partial charge in [-0.3, -0.25) is 0 Å². The Kier molecular flexibility index (Phi) is 5.04. The van der Waals surface area contributed by atoms with E-state index in [-0.39, 0.29) is 6.04 Å². The number of rotatable bonds is 3. The van der Waals surface area contributed by atoms with Crippen molar-refractivity contribution in [1.82, 2.24) is 9.62 Å². The summed E-state index contributed by atoms with van der Waals surface area (Å²) in [6.45, 7) is 4.63. The molecule has 2 aliphatic heterocycles. The number of hydrogen-bond donors (Lipinski definition) is 1. The summed E-state index contributed by atoms with van der Waals surface area (Å²) in [6.07, 6.45) is 6.52. The van der Waals surface area contributed by atoms with Gasteiger partial charge < -0.3 is 5.32 Å². The summed E-state index contributed by atoms with van der Waals surface area (Å²) in [5, 5.41) is 3.33. The van der Waals surface area contributed by atoms with Crippen molar-refractivity contribution in [3.8, 4) is 0 Å². The molecule has 0 amide bonds. The van der Waals surface area contributed by atoms with E-state index < -0.39 is 10.0 Å². The van der Waals surface area contributed by atoms with Gasteiger partial charge in [-0.2, -0.15) is 0 Å². The molecular weight excluding hydrogens is 248 g/mol. The molecule has 2 heterocycles. The minimum absolute atomic E-state index is 0.171. The zero-order valence-electron chi connectivity index (χ0n) is 11.4. The van der Waals surface area contributed by atoms with E-state index in [2.05, 4.69) is 12.2 Å². The highest BCUT2D eigenvalue weighted by Gasteiger charge is 2.28. The number of nitrogens with one attached hydrogen (secondary N) is 1. The molecule has 0 radical (unpaired) electrons. The standard InChI is InChI=1S/C13H26N2O2S/c1-12-5-4-9-15(10-7-12)18(16,17)11-13-6-2-3-8-14-13/h12-14H,2-11H2,1H3. The van der Waals surface area contributed by atoms with Gasteiger partial charge in [-0.25, -0.2) is 12.7 Å². The molecular formula is C13H26N2O2S. The molecule has 0 aromatic carbocycles. The summed E-state index contributed by atoms with van der Waals surface area (Å²) in [5.74, 6) is 0.958. The highest BCUT2D eigenvalue weighted by atomic mass is 32.2. The van der Waals surface area contributed by atoms with Gasteiger partial charge in [0.25, 0.3) is 0 Å². The van der Waals surface area contributed by atoms with Crippen molar-refractivity contribution >= 4 is 10.0 Å². The third-order valence-electron chi connectivity index (χ3n) is 4.19. The topological polar surface area (TPSA) is 49.4 Å². The second-order valence-electron chi connectivity index (χ2n) is 5.86. The Morgan fingerprint density at radius 3 is 2.67 bits per heavy atom. The van der Waals surface area contributed by atoms with Crippen LogP contribution in [0, 0.1) is 5.92 Å². The zero-order valence-corrected chi connectivity index (χ0v) is 12.2. The van der Waals surface area contributed by atoms with Crippen LogP contribution in [0.5, 0.6) is 0 Å². The second kappa shape index (κ2) is 6.35. The Bertz CT molecular complexity index is 350. The van der Waals surface area contributed by atoms with Crippen LogP contribution in [0.25, 0.3) is 0 Å². The minimum atomic E-state index is -3.06. The van der Waals surface area contributed by atoms with Crippen molar-refractivity contribution in [2.24, 2.45) is 5.92 Å². The van der Waals surface area contributed by atoms with Crippen LogP contribution in [0.1, 0.15) is 45.4 Å². The van der Waals surface area contributed by atoms with Gasteiger partial charge in [-0.15, -0.1) is 0 Å². The Balaban J connectivity index is 1.92. The quantitative estimate of drug-likeness (QED) is 0.850. The molecule has 2 fully saturated rings. The smallest absolute Gasteiger partial charge is 0.215 e. The molecule has 0 aromatic heterocycles. The first-order valence-corrected chi connectivity index (χ1v) is 8.90. The lowest BCUT2D eigenvalue weighted by Crippen LogP contribution is -2.44. The maximum Gasteiger partial charge on any atom is 0.215 e. The average Bonchev–Trinajstić information content (AvgIpc) is 2.55. The van der Waals surface area contributed by atoms with Gasteiger partial charge in [0.05, 0.1) is 5.75 Å². The summed E-state index contributed by atoms with van der Waals surface area (Å²) in [6, 6.07) is 0.171. The van der Waals surface area contributed by atoms with Crippen LogP contribution < -0.4 is 5.32 Å². The van der Waals surface area contributed by atoms with E-state index >= 15 is 0 Å². The molecule has 106 valence electrons. The van der Waals surface area contributed by atoms with Crippen molar-refractivity contribution in [1.29, 1.82) is 0 Å². The summed E-state index contributed by atoms with van der Waals surface area (Å²) < 4.78 is 26.5. The number of hydrogen-bond acceptors (Lipinski definition) is 3. The van der Waals surface area contributed by atoms with Crippen LogP contribution in [-0.2, 0) is 10.0 Å². The first kappa shape index (κ1) is 14.3. The molecule has 2 saturated heterocycles. The molecule has 0 aliphatic carbocycles. The molecule has 18 heavy (non-hydrogen) atoms. The molecule has 4 nitrogen and oxygen atoms in total. The summed E-state index contributed by atoms with van der Waals surface area (Å²) in [4.78, 5) is 0. The molecule has 1 N–H and O–H groups in total. The fourth-order valence-electron chi connectivity index (χ4n) is 2.94. The summed E-state index contributed by atoms with van der Waals surface area (Å²) in [5.41, 5.74) is 0. The van der Waals surface area contributed by atoms with Crippen LogP contribution in [-0.4, -0.2) is 44.2 Å². The van der Waals surface area contributed by atoms with Crippen molar-refractivity contribution in [3.63, 3.8) is 0 Å². The highest BCUT2D eigenvalue weighted by molar-refractivity contribution is 7.89. The van der Waals surface area contributed by atoms with Crippen molar-refractivity contribution in [2.45, 2.75) is 51.5 Å². The minimum Gasteiger partial charge on any atom is -0.313 e. The molecule has 5 heteroatoms. The maximum absolute atomic E-state index is 12.4. The third kappa shape index (κ3) is 3.93. The predicted octanol–water partition coefficient (Wildman–Crippen LogP) is 1.58. The SMILES string of the molecule is CC1CCCN(S(=O)(=O)CC2CCCCN2)CC1. The normalized spacial score (nSPS) is 32.1. The van der Waals surface area contributed by atoms with Gasteiger partial charge in [0.1, 0.15) is 0 Å². The Morgan fingerprint density at radius 2 is 1.94 bits per heavy atom. The zero-order chi connectivity index (χ0) is 13.0. The molecule has 2 aliphatic rings. The second-order valence-corrected chi connectivity index (χ2v) is 7.87. The van der Waals surface area contributed by atoms with E-state index in [4.69, 9.17) is 0 Å². The van der Waals surface area contributed by atoms with Gasteiger partial charge in [-0.1, -0.05) is 13.3 Å². The van der Waals surface area contributed by atoms with Gasteiger partial charge >= 0.3 is 0 Å². The van der Waals surface area contributed by atoms with Gasteiger partial charge in [0, 0.05) is 19.1 Å². The van der Waals surface area contributed by atoms with Gasteiger partial charge in [-0.05, 0) is 44.6 Å². The Labute approximate surface area is 111 Å². The van der Waals surface area contributed by atoms with E-state index in [0.717, 1.165) is 51.7 Å². The first-order chi connectivity index (χ1) is 8.58. The van der Waals surface area contributed by atoms with Crippen LogP contribution in [0.3, 0.4) is 0 Å². The van der Waals surface area contributed by atoms with E-state index in [1.54, 1.807) is 4.31 Å². The molecule has 0 bridgehead atoms. The Morgan fingerprint density at radius 1 is 1.11 bits per heavy atom. The lowest BCUT2D eigenvalue weighted by Gasteiger charge is -2.27. The average molecular weight is 274 g/mol. The predicted molar refractivity (Wildman–Crippen MR) is 74.0 cm³/mol. The van der Waals surface area contributed by atoms with Crippen LogP contribution >= 0.6 is 0 Å². The fraction of sp³-hybridized carbons (Fsp3) is 1.00. The Hall–Kier alpha value is -0.130. The number of nitrogens with zero attached hydrogens (tertiary/aromatic N) is 1. The largest absolute Gasteiger partial charge is 0.313 e. The van der Waals surface area contributed by atoms with Crippen LogP contribution in [0.4, 0.5) is 0 Å². The van der Waals surface area contributed by atoms with Crippen molar-refractivity contribution in [3.05, 3.63) is 0 Å². The van der Waals surface area contributed by atoms with E-state index in [1.807, 2.05) is 0 Å². The van der Waals surface area contributed by atoms with Gasteiger partial charge in [0.15, 0.2) is 0 Å². The lowest BCUT2D eigenvalue weighted by molar-refractivity contribution is 0.391. The van der Waals surface area contributed by atoms with Crippen LogP contribution in [0.15, 0.2) is 0 Å². The molecule has 2 atom stereocenters. The fourth-order valence-corrected chi connectivity index (χ4v) is 4.74. The van der Waals surface area contributed by atoms with Crippen molar-refractivity contribution in [2.75, 3.05) is 25.4 Å². The van der Waals surface area contributed by atoms with Crippen molar-refractivity contribution < 1.29 is 8.42 Å². The monoisotopic (exact) mass is 274 g/mol. The first-order valence-electron chi connectivity index (χ1n) is 7.29. The summed E-state index contributed by atoms with van der Waals surface area (Å²) >= 11 is 0. The number of piperidine rings is 1. The highest BCUT2D eigenvalue weighted by Crippen LogP contribution is 2.20. The van der Waals surface area contributed by atoms with E-state index in [1.165, 1.54) is 6.42 Å². The van der Waals surface area contributed by atoms with Crippen LogP contribution in [0.2, 0.25) is 0 Å². The third-order valence-corrected chi connectivity index (χ3v) is 6.17.